The number of nitrogens with one attached hydrogen (secondary N) is 5. The molecule has 71 heavy (non-hydrogen) atoms. The number of amides is 8. The van der Waals surface area contributed by atoms with Crippen LogP contribution in [0.3, 0.4) is 0 Å². The fourth-order valence-electron chi connectivity index (χ4n) is 9.67. The van der Waals surface area contributed by atoms with Gasteiger partial charge in [0.05, 0.1) is 55.3 Å². The van der Waals surface area contributed by atoms with Gasteiger partial charge in [-0.25, -0.2) is 4.79 Å². The Balaban J connectivity index is 1.73. The van der Waals surface area contributed by atoms with E-state index in [1.54, 1.807) is 54.9 Å². The molecule has 0 radical (unpaired) electrons. The van der Waals surface area contributed by atoms with E-state index in [2.05, 4.69) is 26.6 Å². The second kappa shape index (κ2) is 29.7. The molecular weight excluding hydrogens is 909 g/mol. The summed E-state index contributed by atoms with van der Waals surface area (Å²) in [5, 5.41) is 14.3. The van der Waals surface area contributed by atoms with Crippen molar-refractivity contribution in [3.63, 3.8) is 0 Å². The maximum atomic E-state index is 14.4. The molecule has 0 saturated carbocycles. The lowest BCUT2D eigenvalue weighted by atomic mass is 9.90. The highest BCUT2D eigenvalue weighted by Gasteiger charge is 2.43. The van der Waals surface area contributed by atoms with Crippen molar-refractivity contribution in [3.8, 4) is 0 Å². The Morgan fingerprint density at radius 3 is 2.06 bits per heavy atom. The van der Waals surface area contributed by atoms with Gasteiger partial charge in [0.15, 0.2) is 0 Å². The molecule has 396 valence electrons. The molecule has 1 saturated heterocycles. The van der Waals surface area contributed by atoms with Gasteiger partial charge in [0.2, 0.25) is 35.4 Å². The SMILES string of the molecule is CCC(C)C(C(CC(=O)N1CCCC1C(OC)C(C)C(=O)NC(Cc1ccccc1)C(=O)N(C)Cc1ccc(NC(=O)C(CCCNC(N)=O)NC)cc1)OC)N(C)C(=O)CNC(=O)C(C(C)C)N(C)C. The molecular formula is C52H84N10O9. The minimum absolute atomic E-state index is 0.0217. The number of hydrogen-bond donors (Lipinski definition) is 6. The number of anilines is 1. The number of hydrogen-bond acceptors (Lipinski definition) is 11. The van der Waals surface area contributed by atoms with E-state index in [1.165, 1.54) is 14.2 Å². The fraction of sp³-hybridized carbons (Fsp3) is 0.635. The van der Waals surface area contributed by atoms with Gasteiger partial charge < -0.3 is 56.5 Å². The van der Waals surface area contributed by atoms with Crippen LogP contribution in [0.5, 0.6) is 0 Å². The number of nitrogens with zero attached hydrogens (tertiary/aromatic N) is 4. The predicted molar refractivity (Wildman–Crippen MR) is 275 cm³/mol. The van der Waals surface area contributed by atoms with Crippen molar-refractivity contribution < 1.29 is 43.0 Å². The summed E-state index contributed by atoms with van der Waals surface area (Å²) >= 11 is 0. The molecule has 7 N–H and O–H groups in total. The normalized spacial score (nSPS) is 17.0. The summed E-state index contributed by atoms with van der Waals surface area (Å²) in [4.78, 5) is 100. The first kappa shape index (κ1) is 59.7. The smallest absolute Gasteiger partial charge is 0.312 e. The molecule has 1 aliphatic heterocycles. The summed E-state index contributed by atoms with van der Waals surface area (Å²) < 4.78 is 12.0. The van der Waals surface area contributed by atoms with Gasteiger partial charge in [-0.1, -0.05) is 83.5 Å². The van der Waals surface area contributed by atoms with Crippen molar-refractivity contribution in [2.45, 2.75) is 129 Å². The summed E-state index contributed by atoms with van der Waals surface area (Å²) in [6, 6.07) is 13.3. The van der Waals surface area contributed by atoms with E-state index in [9.17, 15) is 33.6 Å². The maximum Gasteiger partial charge on any atom is 0.312 e. The average molecular weight is 993 g/mol. The minimum atomic E-state index is -0.927. The molecule has 1 fully saturated rings. The molecule has 0 spiro atoms. The highest BCUT2D eigenvalue weighted by atomic mass is 16.5. The number of carbonyl (C=O) groups is 7. The first-order valence-electron chi connectivity index (χ1n) is 24.9. The summed E-state index contributed by atoms with van der Waals surface area (Å²) in [7, 11) is 11.8. The number of nitrogens with two attached hydrogens (primary N) is 1. The Morgan fingerprint density at radius 2 is 1.49 bits per heavy atom. The molecule has 1 aliphatic rings. The Morgan fingerprint density at radius 1 is 0.831 bits per heavy atom. The third-order valence-electron chi connectivity index (χ3n) is 13.7. The van der Waals surface area contributed by atoms with Crippen molar-refractivity contribution in [1.82, 2.24) is 40.9 Å². The first-order chi connectivity index (χ1) is 33.7. The highest BCUT2D eigenvalue weighted by Crippen LogP contribution is 2.29. The predicted octanol–water partition coefficient (Wildman–Crippen LogP) is 2.97. The Kier molecular flexibility index (Phi) is 24.9. The van der Waals surface area contributed by atoms with E-state index >= 15 is 0 Å². The van der Waals surface area contributed by atoms with E-state index in [-0.39, 0.29) is 67.3 Å². The Bertz CT molecular complexity index is 2020. The lowest BCUT2D eigenvalue weighted by Gasteiger charge is -2.39. The van der Waals surface area contributed by atoms with Crippen LogP contribution in [0.1, 0.15) is 84.3 Å². The first-order valence-corrected chi connectivity index (χ1v) is 24.9. The Labute approximate surface area is 422 Å². The van der Waals surface area contributed by atoms with Gasteiger partial charge in [0.25, 0.3) is 0 Å². The van der Waals surface area contributed by atoms with Crippen molar-refractivity contribution in [1.29, 1.82) is 0 Å². The van der Waals surface area contributed by atoms with Crippen LogP contribution in [0.25, 0.3) is 0 Å². The third-order valence-corrected chi connectivity index (χ3v) is 13.7. The van der Waals surface area contributed by atoms with E-state index in [0.29, 0.717) is 50.9 Å². The molecule has 0 aromatic heterocycles. The number of primary amides is 1. The number of carbonyl (C=O) groups excluding carboxylic acids is 7. The number of likely N-dealkylation sites (tertiary alicyclic amines) is 1. The molecule has 9 unspecified atom stereocenters. The highest BCUT2D eigenvalue weighted by molar-refractivity contribution is 5.95. The van der Waals surface area contributed by atoms with Crippen molar-refractivity contribution in [2.24, 2.45) is 23.5 Å². The molecule has 2 aromatic carbocycles. The number of methoxy groups -OCH3 is 2. The molecule has 2 aromatic rings. The quantitative estimate of drug-likeness (QED) is 0.0649. The van der Waals surface area contributed by atoms with Crippen LogP contribution in [0, 0.1) is 17.8 Å². The van der Waals surface area contributed by atoms with Crippen LogP contribution in [0.2, 0.25) is 0 Å². The molecule has 19 nitrogen and oxygen atoms in total. The summed E-state index contributed by atoms with van der Waals surface area (Å²) in [6.45, 7) is 10.5. The number of benzene rings is 2. The number of urea groups is 1. The lowest BCUT2D eigenvalue weighted by molar-refractivity contribution is -0.146. The number of ether oxygens (including phenoxy) is 2. The molecule has 0 aliphatic carbocycles. The van der Waals surface area contributed by atoms with Crippen LogP contribution in [-0.2, 0) is 51.2 Å². The average Bonchev–Trinajstić information content (AvgIpc) is 3.82. The minimum Gasteiger partial charge on any atom is -0.379 e. The zero-order chi connectivity index (χ0) is 52.9. The van der Waals surface area contributed by atoms with Gasteiger partial charge in [0.1, 0.15) is 6.04 Å². The molecule has 3 rings (SSSR count). The topological polar surface area (TPSA) is 237 Å². The fourth-order valence-corrected chi connectivity index (χ4v) is 9.67. The van der Waals surface area contributed by atoms with Crippen LogP contribution in [-0.4, -0.2) is 173 Å². The maximum absolute atomic E-state index is 14.4. The largest absolute Gasteiger partial charge is 0.379 e. The van der Waals surface area contributed by atoms with E-state index in [0.717, 1.165) is 11.1 Å². The van der Waals surface area contributed by atoms with Gasteiger partial charge >= 0.3 is 6.03 Å². The van der Waals surface area contributed by atoms with Gasteiger partial charge in [-0.3, -0.25) is 33.7 Å². The standard InChI is InChI=1S/C52H84N10O9/c1-13-34(4)46(61(10)44(64)31-56-50(67)45(33(2)3)59(7)8)42(70-11)30-43(63)62-28-18-22-41(62)47(71-12)35(5)48(65)58-40(29-36-19-15-14-16-20-36)51(68)60(9)32-37-23-25-38(26-24-37)57-49(66)39(54-6)21-17-27-55-52(53)69/h14-16,19-20,23-26,33-35,39-42,45-47,54H,13,17-18,21-22,27-32H2,1-12H3,(H,56,67)(H,57,66)(H,58,65)(H3,53,55,69). The number of rotatable bonds is 29. The van der Waals surface area contributed by atoms with Crippen molar-refractivity contribution >= 4 is 47.2 Å². The monoisotopic (exact) mass is 993 g/mol. The van der Waals surface area contributed by atoms with Crippen LogP contribution in [0.4, 0.5) is 10.5 Å². The van der Waals surface area contributed by atoms with Crippen molar-refractivity contribution in [2.75, 3.05) is 74.4 Å². The van der Waals surface area contributed by atoms with Gasteiger partial charge in [0, 0.05) is 60.1 Å². The summed E-state index contributed by atoms with van der Waals surface area (Å²) in [6.07, 6.45) is 1.89. The summed E-state index contributed by atoms with van der Waals surface area (Å²) in [5.41, 5.74) is 7.37. The van der Waals surface area contributed by atoms with Crippen LogP contribution >= 0.6 is 0 Å². The van der Waals surface area contributed by atoms with Crippen LogP contribution in [0.15, 0.2) is 54.6 Å². The van der Waals surface area contributed by atoms with Crippen LogP contribution < -0.4 is 32.3 Å². The molecule has 8 amide bonds. The molecule has 0 bridgehead atoms. The van der Waals surface area contributed by atoms with E-state index < -0.39 is 60.3 Å². The van der Waals surface area contributed by atoms with Gasteiger partial charge in [-0.05, 0) is 81.9 Å². The zero-order valence-electron chi connectivity index (χ0n) is 44.3. The van der Waals surface area contributed by atoms with E-state index in [4.69, 9.17) is 15.2 Å². The zero-order valence-corrected chi connectivity index (χ0v) is 44.3. The second-order valence-electron chi connectivity index (χ2n) is 19.4. The third kappa shape index (κ3) is 17.9. The Hall–Kier alpha value is -5.63. The number of likely N-dealkylation sites (N-methyl/N-ethyl adjacent to an activating group) is 4. The molecule has 19 heteroatoms. The lowest BCUT2D eigenvalue weighted by Crippen LogP contribution is -2.55. The molecule has 9 atom stereocenters. The summed E-state index contributed by atoms with van der Waals surface area (Å²) in [5.74, 6) is -2.43. The van der Waals surface area contributed by atoms with Gasteiger partial charge in [-0.2, -0.15) is 0 Å². The van der Waals surface area contributed by atoms with Crippen molar-refractivity contribution in [3.05, 3.63) is 65.7 Å². The molecule has 1 heterocycles. The second-order valence-corrected chi connectivity index (χ2v) is 19.4. The van der Waals surface area contributed by atoms with E-state index in [1.807, 2.05) is 89.2 Å². The van der Waals surface area contributed by atoms with Gasteiger partial charge in [-0.15, -0.1) is 0 Å².